The average Bonchev–Trinajstić information content (AvgIpc) is 3.52. The van der Waals surface area contributed by atoms with E-state index in [0.29, 0.717) is 12.0 Å². The smallest absolute Gasteiger partial charge is 0.255 e. The summed E-state index contributed by atoms with van der Waals surface area (Å²) in [5.74, 6) is 3.25. The quantitative estimate of drug-likeness (QED) is 0.405. The number of aromatic nitrogens is 3. The number of pyridine rings is 1. The van der Waals surface area contributed by atoms with Gasteiger partial charge in [0, 0.05) is 41.8 Å². The highest BCUT2D eigenvalue weighted by atomic mass is 16.3. The number of carbonyl (C=O) groups excluding carboxylic acids is 1. The van der Waals surface area contributed by atoms with Crippen LogP contribution in [0.2, 0.25) is 0 Å². The van der Waals surface area contributed by atoms with Gasteiger partial charge in [-0.25, -0.2) is 4.52 Å². The van der Waals surface area contributed by atoms with Crippen LogP contribution in [0.5, 0.6) is 0 Å². The lowest BCUT2D eigenvalue weighted by Gasteiger charge is -2.52. The van der Waals surface area contributed by atoms with E-state index in [0.717, 1.165) is 70.0 Å². The molecule has 37 heavy (non-hydrogen) atoms. The predicted molar refractivity (Wildman–Crippen MR) is 143 cm³/mol. The Morgan fingerprint density at radius 1 is 1.08 bits per heavy atom. The van der Waals surface area contributed by atoms with Crippen molar-refractivity contribution in [1.29, 1.82) is 0 Å². The molecule has 4 atom stereocenters. The third-order valence-corrected chi connectivity index (χ3v) is 9.89. The van der Waals surface area contributed by atoms with E-state index in [1.54, 1.807) is 0 Å². The van der Waals surface area contributed by atoms with Crippen LogP contribution >= 0.6 is 0 Å². The van der Waals surface area contributed by atoms with Gasteiger partial charge < -0.3 is 14.6 Å². The van der Waals surface area contributed by atoms with Crippen LogP contribution in [0.25, 0.3) is 27.8 Å². The van der Waals surface area contributed by atoms with Crippen LogP contribution in [-0.2, 0) is 12.1 Å². The highest BCUT2D eigenvalue weighted by Crippen LogP contribution is 2.60. The lowest BCUT2D eigenvalue weighted by molar-refractivity contribution is -0.0204. The molecule has 1 aromatic carbocycles. The van der Waals surface area contributed by atoms with Crippen molar-refractivity contribution in [3.63, 3.8) is 0 Å². The van der Waals surface area contributed by atoms with E-state index >= 15 is 0 Å². The summed E-state index contributed by atoms with van der Waals surface area (Å²) in [5, 5.41) is 16.9. The van der Waals surface area contributed by atoms with Crippen LogP contribution in [0.15, 0.2) is 42.6 Å². The minimum Gasteiger partial charge on any atom is -0.386 e. The number of hydrogen-bond donors (Lipinski definition) is 1. The molecule has 1 saturated heterocycles. The van der Waals surface area contributed by atoms with E-state index in [1.807, 2.05) is 36.7 Å². The molecule has 1 aliphatic heterocycles. The Hall–Kier alpha value is -3.12. The largest absolute Gasteiger partial charge is 0.386 e. The Kier molecular flexibility index (Phi) is 4.30. The maximum Gasteiger partial charge on any atom is 0.255 e. The van der Waals surface area contributed by atoms with E-state index < -0.39 is 5.60 Å². The number of amides is 1. The Morgan fingerprint density at radius 3 is 2.65 bits per heavy atom. The number of aliphatic hydroxyl groups is 1. The van der Waals surface area contributed by atoms with Crippen molar-refractivity contribution in [3.05, 3.63) is 59.3 Å². The molecule has 4 heterocycles. The number of likely N-dealkylation sites (tertiary alicyclic amines) is 1. The average molecular weight is 495 g/mol. The van der Waals surface area contributed by atoms with Crippen LogP contribution in [0, 0.1) is 30.6 Å². The van der Waals surface area contributed by atoms with E-state index in [2.05, 4.69) is 40.7 Å². The molecule has 8 rings (SSSR count). The Balaban J connectivity index is 1.20. The predicted octanol–water partition coefficient (Wildman–Crippen LogP) is 5.38. The molecule has 6 nitrogen and oxygen atoms in total. The van der Waals surface area contributed by atoms with Crippen LogP contribution in [0.1, 0.15) is 61.0 Å². The summed E-state index contributed by atoms with van der Waals surface area (Å²) < 4.78 is 4.31. The topological polar surface area (TPSA) is 62.8 Å². The molecule has 190 valence electrons. The zero-order chi connectivity index (χ0) is 25.2. The monoisotopic (exact) mass is 494 g/mol. The summed E-state index contributed by atoms with van der Waals surface area (Å²) in [5.41, 5.74) is 6.16. The summed E-state index contributed by atoms with van der Waals surface area (Å²) >= 11 is 0. The van der Waals surface area contributed by atoms with E-state index in [1.165, 1.54) is 31.1 Å². The molecule has 3 aliphatic carbocycles. The van der Waals surface area contributed by atoms with E-state index in [9.17, 15) is 9.90 Å². The SMILES string of the molecule is Cc1c(-c2cc3ccc(C(C)(C)O)cc3n2CC2CC2)nn2cc(C(=O)N3CC4CC5CC3[C@H]54)ccc12. The normalized spacial score (nSPS) is 26.4. The summed E-state index contributed by atoms with van der Waals surface area (Å²) in [6.45, 7) is 7.70. The van der Waals surface area contributed by atoms with Gasteiger partial charge in [0.2, 0.25) is 0 Å². The molecule has 3 aromatic heterocycles. The Labute approximate surface area is 216 Å². The molecule has 4 aromatic rings. The van der Waals surface area contributed by atoms with Gasteiger partial charge in [-0.15, -0.1) is 0 Å². The second-order valence-electron chi connectivity index (χ2n) is 12.7. The fourth-order valence-electron chi connectivity index (χ4n) is 7.49. The van der Waals surface area contributed by atoms with Crippen molar-refractivity contribution in [3.8, 4) is 11.4 Å². The van der Waals surface area contributed by atoms with Gasteiger partial charge in [-0.05, 0) is 100.0 Å². The van der Waals surface area contributed by atoms with Gasteiger partial charge in [-0.3, -0.25) is 4.79 Å². The van der Waals surface area contributed by atoms with Crippen LogP contribution in [0.4, 0.5) is 0 Å². The first-order valence-electron chi connectivity index (χ1n) is 13.9. The molecule has 0 radical (unpaired) electrons. The zero-order valence-corrected chi connectivity index (χ0v) is 21.8. The summed E-state index contributed by atoms with van der Waals surface area (Å²) in [6.07, 6.45) is 6.98. The van der Waals surface area contributed by atoms with Gasteiger partial charge in [-0.1, -0.05) is 12.1 Å². The minimum atomic E-state index is -0.889. The van der Waals surface area contributed by atoms with Crippen molar-refractivity contribution in [2.75, 3.05) is 6.54 Å². The Bertz CT molecular complexity index is 1600. The van der Waals surface area contributed by atoms with Crippen molar-refractivity contribution in [1.82, 2.24) is 19.1 Å². The zero-order valence-electron chi connectivity index (χ0n) is 21.8. The minimum absolute atomic E-state index is 0.163. The third kappa shape index (κ3) is 3.14. The number of nitrogens with zero attached hydrogens (tertiary/aromatic N) is 4. The van der Waals surface area contributed by atoms with E-state index in [-0.39, 0.29) is 5.91 Å². The molecule has 6 heteroatoms. The molecule has 0 bridgehead atoms. The lowest BCUT2D eigenvalue weighted by atomic mass is 9.53. The van der Waals surface area contributed by atoms with Crippen molar-refractivity contribution >= 4 is 22.3 Å². The third-order valence-electron chi connectivity index (χ3n) is 9.89. The first-order chi connectivity index (χ1) is 17.8. The van der Waals surface area contributed by atoms with Gasteiger partial charge in [0.05, 0.1) is 22.4 Å². The number of fused-ring (bicyclic) bond motifs is 2. The van der Waals surface area contributed by atoms with Crippen LogP contribution in [-0.4, -0.2) is 42.7 Å². The maximum atomic E-state index is 13.5. The van der Waals surface area contributed by atoms with Crippen molar-refractivity contribution in [2.45, 2.75) is 64.6 Å². The molecule has 1 N–H and O–H groups in total. The highest BCUT2D eigenvalue weighted by Gasteiger charge is 2.61. The highest BCUT2D eigenvalue weighted by molar-refractivity contribution is 5.95. The van der Waals surface area contributed by atoms with Gasteiger partial charge >= 0.3 is 0 Å². The van der Waals surface area contributed by atoms with Gasteiger partial charge in [0.1, 0.15) is 5.69 Å². The second kappa shape index (κ2) is 7.25. The maximum absolute atomic E-state index is 13.5. The van der Waals surface area contributed by atoms with Gasteiger partial charge in [0.15, 0.2) is 0 Å². The molecule has 1 amide bonds. The fourth-order valence-corrected chi connectivity index (χ4v) is 7.49. The molecule has 3 unspecified atom stereocenters. The molecule has 4 aliphatic rings. The van der Waals surface area contributed by atoms with Gasteiger partial charge in [-0.2, -0.15) is 5.10 Å². The number of benzene rings is 1. The van der Waals surface area contributed by atoms with Crippen molar-refractivity contribution in [2.24, 2.45) is 23.7 Å². The van der Waals surface area contributed by atoms with Crippen molar-refractivity contribution < 1.29 is 9.90 Å². The van der Waals surface area contributed by atoms with Crippen LogP contribution in [0.3, 0.4) is 0 Å². The number of hydrogen-bond acceptors (Lipinski definition) is 3. The standard InChI is InChI=1S/C31H34N4O2/c1-17-24-9-7-20(30(36)34-15-22-10-21-12-26(34)28(21)22)16-35(24)32-29(17)27-11-19-6-8-23(31(2,3)37)13-25(19)33(27)14-18-4-5-18/h6-9,11,13,16,18,21-22,26,28,37H,4-5,10,12,14-15H2,1-3H3/t21?,22?,26?,28-/m1/s1. The molecular formula is C31H34N4O2. The molecule has 0 spiro atoms. The number of rotatable bonds is 5. The first kappa shape index (κ1) is 21.9. The summed E-state index contributed by atoms with van der Waals surface area (Å²) in [7, 11) is 0. The number of aryl methyl sites for hydroxylation is 1. The van der Waals surface area contributed by atoms with E-state index in [4.69, 9.17) is 5.10 Å². The lowest BCUT2D eigenvalue weighted by Crippen LogP contribution is -2.53. The second-order valence-corrected chi connectivity index (χ2v) is 12.7. The van der Waals surface area contributed by atoms with Gasteiger partial charge in [0.25, 0.3) is 5.91 Å². The first-order valence-corrected chi connectivity index (χ1v) is 13.9. The summed E-state index contributed by atoms with van der Waals surface area (Å²) in [6, 6.07) is 13.0. The molecule has 3 saturated carbocycles. The fraction of sp³-hybridized carbons (Fsp3) is 0.484. The molecular weight excluding hydrogens is 460 g/mol. The number of carbonyl (C=O) groups is 1. The molecule has 4 fully saturated rings. The Morgan fingerprint density at radius 2 is 1.92 bits per heavy atom. The summed E-state index contributed by atoms with van der Waals surface area (Å²) in [4.78, 5) is 15.6. The van der Waals surface area contributed by atoms with Crippen LogP contribution < -0.4 is 0 Å².